The summed E-state index contributed by atoms with van der Waals surface area (Å²) < 4.78 is 27.3. The van der Waals surface area contributed by atoms with Crippen molar-refractivity contribution in [2.24, 2.45) is 11.3 Å². The van der Waals surface area contributed by atoms with E-state index in [2.05, 4.69) is 13.8 Å². The molecule has 0 N–H and O–H groups in total. The van der Waals surface area contributed by atoms with Gasteiger partial charge >= 0.3 is 0 Å². The van der Waals surface area contributed by atoms with Crippen LogP contribution in [0.4, 0.5) is 8.78 Å². The van der Waals surface area contributed by atoms with E-state index in [1.165, 1.54) is 6.42 Å². The fraction of sp³-hybridized carbons (Fsp3) is 0.625. The third-order valence-electron chi connectivity index (χ3n) is 4.52. The molecule has 0 nitrogen and oxygen atoms in total. The van der Waals surface area contributed by atoms with Gasteiger partial charge in [0.05, 0.1) is 5.38 Å². The molecule has 19 heavy (non-hydrogen) atoms. The fourth-order valence-corrected chi connectivity index (χ4v) is 3.81. The molecule has 2 atom stereocenters. The molecule has 0 spiro atoms. The number of hydrogen-bond acceptors (Lipinski definition) is 0. The number of hydrogen-bond donors (Lipinski definition) is 0. The van der Waals surface area contributed by atoms with E-state index in [0.717, 1.165) is 25.3 Å². The summed E-state index contributed by atoms with van der Waals surface area (Å²) in [7, 11) is 0. The van der Waals surface area contributed by atoms with E-state index in [0.29, 0.717) is 11.1 Å². The van der Waals surface area contributed by atoms with Crippen LogP contribution >= 0.6 is 11.6 Å². The van der Waals surface area contributed by atoms with Crippen molar-refractivity contribution in [3.05, 3.63) is 34.9 Å². The number of benzene rings is 1. The molecule has 0 heterocycles. The van der Waals surface area contributed by atoms with Gasteiger partial charge in [0.2, 0.25) is 0 Å². The summed E-state index contributed by atoms with van der Waals surface area (Å²) >= 11 is 6.54. The van der Waals surface area contributed by atoms with Crippen molar-refractivity contribution in [2.45, 2.75) is 51.8 Å². The third kappa shape index (κ3) is 2.94. The van der Waals surface area contributed by atoms with Gasteiger partial charge in [-0.15, -0.1) is 11.6 Å². The Balaban J connectivity index is 2.33. The van der Waals surface area contributed by atoms with Gasteiger partial charge in [-0.1, -0.05) is 26.7 Å². The predicted octanol–water partition coefficient (Wildman–Crippen LogP) is 5.77. The van der Waals surface area contributed by atoms with E-state index in [-0.39, 0.29) is 16.7 Å². The van der Waals surface area contributed by atoms with Crippen LogP contribution < -0.4 is 0 Å². The second-order valence-electron chi connectivity index (χ2n) is 6.37. The molecule has 0 radical (unpaired) electrons. The molecule has 0 bridgehead atoms. The maximum atomic E-state index is 14.0. The van der Waals surface area contributed by atoms with Gasteiger partial charge in [0.1, 0.15) is 11.6 Å². The lowest BCUT2D eigenvalue weighted by molar-refractivity contribution is 0.132. The minimum atomic E-state index is -0.524. The molecule has 1 aliphatic rings. The Morgan fingerprint density at radius 3 is 2.53 bits per heavy atom. The topological polar surface area (TPSA) is 0 Å². The van der Waals surface area contributed by atoms with E-state index in [1.807, 2.05) is 0 Å². The van der Waals surface area contributed by atoms with Crippen LogP contribution in [0.2, 0.25) is 0 Å². The van der Waals surface area contributed by atoms with Crippen molar-refractivity contribution >= 4 is 11.6 Å². The van der Waals surface area contributed by atoms with Gasteiger partial charge < -0.3 is 0 Å². The van der Waals surface area contributed by atoms with Gasteiger partial charge in [0.15, 0.2) is 0 Å². The first kappa shape index (κ1) is 14.8. The normalized spacial score (nSPS) is 24.2. The fourth-order valence-electron chi connectivity index (χ4n) is 3.17. The zero-order valence-electron chi connectivity index (χ0n) is 11.8. The largest absolute Gasteiger partial charge is 0.207 e. The summed E-state index contributed by atoms with van der Waals surface area (Å²) in [6.45, 7) is 6.04. The Bertz CT molecular complexity index is 468. The smallest absolute Gasteiger partial charge is 0.130 e. The van der Waals surface area contributed by atoms with E-state index in [4.69, 9.17) is 11.6 Å². The molecular formula is C16H21ClF2. The number of rotatable bonds is 2. The Kier molecular flexibility index (Phi) is 4.20. The highest BCUT2D eigenvalue weighted by molar-refractivity contribution is 6.21. The summed E-state index contributed by atoms with van der Waals surface area (Å²) in [4.78, 5) is 0. The van der Waals surface area contributed by atoms with Gasteiger partial charge in [-0.05, 0) is 42.7 Å². The summed E-state index contributed by atoms with van der Waals surface area (Å²) in [6.07, 6.45) is 4.47. The molecule has 1 fully saturated rings. The highest BCUT2D eigenvalue weighted by Crippen LogP contribution is 2.49. The van der Waals surface area contributed by atoms with Gasteiger partial charge in [0, 0.05) is 11.6 Å². The zero-order valence-corrected chi connectivity index (χ0v) is 12.5. The van der Waals surface area contributed by atoms with Gasteiger partial charge in [-0.25, -0.2) is 8.78 Å². The van der Waals surface area contributed by atoms with Gasteiger partial charge in [-0.2, -0.15) is 0 Å². The van der Waals surface area contributed by atoms with E-state index in [9.17, 15) is 8.78 Å². The molecule has 1 saturated carbocycles. The first-order valence-electron chi connectivity index (χ1n) is 6.92. The van der Waals surface area contributed by atoms with Crippen molar-refractivity contribution in [3.8, 4) is 0 Å². The average Bonchev–Trinajstić information content (AvgIpc) is 2.32. The second-order valence-corrected chi connectivity index (χ2v) is 6.84. The number of aryl methyl sites for hydroxylation is 1. The van der Waals surface area contributed by atoms with Crippen LogP contribution in [0.1, 0.15) is 56.0 Å². The Morgan fingerprint density at radius 1 is 1.21 bits per heavy atom. The zero-order chi connectivity index (χ0) is 14.2. The van der Waals surface area contributed by atoms with Crippen LogP contribution in [0, 0.1) is 29.9 Å². The number of halogens is 3. The lowest BCUT2D eigenvalue weighted by Gasteiger charge is -2.41. The maximum Gasteiger partial charge on any atom is 0.130 e. The van der Waals surface area contributed by atoms with Crippen LogP contribution in [-0.2, 0) is 0 Å². The molecule has 106 valence electrons. The summed E-state index contributed by atoms with van der Waals surface area (Å²) in [5, 5.41) is -0.380. The predicted molar refractivity (Wildman–Crippen MR) is 75.4 cm³/mol. The van der Waals surface area contributed by atoms with Crippen molar-refractivity contribution < 1.29 is 8.78 Å². The second kappa shape index (κ2) is 5.40. The van der Waals surface area contributed by atoms with E-state index < -0.39 is 11.6 Å². The molecule has 0 amide bonds. The third-order valence-corrected chi connectivity index (χ3v) is 5.06. The van der Waals surface area contributed by atoms with E-state index >= 15 is 0 Å². The Hall–Kier alpha value is -0.630. The van der Waals surface area contributed by atoms with E-state index in [1.54, 1.807) is 13.0 Å². The molecule has 1 aliphatic carbocycles. The molecule has 3 heteroatoms. The molecular weight excluding hydrogens is 266 g/mol. The van der Waals surface area contributed by atoms with Gasteiger partial charge in [-0.3, -0.25) is 0 Å². The lowest BCUT2D eigenvalue weighted by Crippen LogP contribution is -2.31. The SMILES string of the molecule is Cc1cc(C(Cl)C2CCCCC2(C)C)c(F)cc1F. The Labute approximate surface area is 119 Å². The van der Waals surface area contributed by atoms with Crippen molar-refractivity contribution in [2.75, 3.05) is 0 Å². The van der Waals surface area contributed by atoms with Crippen LogP contribution in [0.25, 0.3) is 0 Å². The summed E-state index contributed by atoms with van der Waals surface area (Å²) in [6, 6.07) is 2.52. The Morgan fingerprint density at radius 2 is 1.89 bits per heavy atom. The molecule has 0 aliphatic heterocycles. The quantitative estimate of drug-likeness (QED) is 0.606. The average molecular weight is 287 g/mol. The maximum absolute atomic E-state index is 14.0. The standard InChI is InChI=1S/C16H21ClF2/c1-10-8-11(14(19)9-13(10)18)15(17)12-6-4-5-7-16(12,2)3/h8-9,12,15H,4-7H2,1-3H3. The minimum absolute atomic E-state index is 0.111. The monoisotopic (exact) mass is 286 g/mol. The minimum Gasteiger partial charge on any atom is -0.207 e. The summed E-state index contributed by atoms with van der Waals surface area (Å²) in [5.41, 5.74) is 1.01. The van der Waals surface area contributed by atoms with Crippen molar-refractivity contribution in [1.82, 2.24) is 0 Å². The molecule has 1 aromatic rings. The first-order valence-corrected chi connectivity index (χ1v) is 7.36. The first-order chi connectivity index (χ1) is 8.83. The lowest BCUT2D eigenvalue weighted by atomic mass is 9.66. The summed E-state index contributed by atoms with van der Waals surface area (Å²) in [5.74, 6) is -0.792. The van der Waals surface area contributed by atoms with Crippen LogP contribution in [0.3, 0.4) is 0 Å². The number of alkyl halides is 1. The van der Waals surface area contributed by atoms with Crippen LogP contribution in [-0.4, -0.2) is 0 Å². The highest BCUT2D eigenvalue weighted by atomic mass is 35.5. The van der Waals surface area contributed by atoms with Crippen molar-refractivity contribution in [3.63, 3.8) is 0 Å². The highest BCUT2D eigenvalue weighted by Gasteiger charge is 2.38. The molecule has 1 aromatic carbocycles. The van der Waals surface area contributed by atoms with Gasteiger partial charge in [0.25, 0.3) is 0 Å². The van der Waals surface area contributed by atoms with Crippen LogP contribution in [0.15, 0.2) is 12.1 Å². The molecule has 2 unspecified atom stereocenters. The molecule has 2 rings (SSSR count). The molecule has 0 saturated heterocycles. The molecule has 0 aromatic heterocycles. The van der Waals surface area contributed by atoms with Crippen LogP contribution in [0.5, 0.6) is 0 Å². The van der Waals surface area contributed by atoms with Crippen molar-refractivity contribution in [1.29, 1.82) is 0 Å².